The van der Waals surface area contributed by atoms with E-state index < -0.39 is 0 Å². The molecule has 1 amide bonds. The molecule has 0 saturated carbocycles. The number of carbonyl (C=O) groups is 2. The zero-order valence-corrected chi connectivity index (χ0v) is 11.0. The smallest absolute Gasteiger partial charge is 0.248 e. The van der Waals surface area contributed by atoms with Crippen molar-refractivity contribution >= 4 is 24.0 Å². The summed E-state index contributed by atoms with van der Waals surface area (Å²) in [7, 11) is 0. The van der Waals surface area contributed by atoms with Crippen LogP contribution in [0.5, 0.6) is 0 Å². The van der Waals surface area contributed by atoms with Crippen LogP contribution in [0.4, 0.5) is 5.69 Å². The summed E-state index contributed by atoms with van der Waals surface area (Å²) in [5.74, 6) is -0.250. The van der Waals surface area contributed by atoms with Gasteiger partial charge in [0.2, 0.25) is 5.91 Å². The topological polar surface area (TPSA) is 59.1 Å². The maximum Gasteiger partial charge on any atom is 0.248 e. The Morgan fingerprint density at radius 2 is 2.10 bits per heavy atom. The summed E-state index contributed by atoms with van der Waals surface area (Å²) >= 11 is 0. The first-order valence-electron chi connectivity index (χ1n) is 6.14. The Bertz CT molecular complexity index is 649. The molecule has 0 aliphatic heterocycles. The Hall–Kier alpha value is -2.75. The zero-order chi connectivity index (χ0) is 14.4. The number of nitrogens with zero attached hydrogens (tertiary/aromatic N) is 1. The lowest BCUT2D eigenvalue weighted by molar-refractivity contribution is -0.111. The van der Waals surface area contributed by atoms with E-state index in [0.29, 0.717) is 11.3 Å². The molecule has 1 N–H and O–H groups in total. The highest BCUT2D eigenvalue weighted by molar-refractivity contribution is 6.02. The van der Waals surface area contributed by atoms with Gasteiger partial charge in [0.05, 0.1) is 0 Å². The van der Waals surface area contributed by atoms with Crippen LogP contribution in [0.25, 0.3) is 6.08 Å². The Labute approximate surface area is 117 Å². The highest BCUT2D eigenvalue weighted by Gasteiger charge is 2.04. The minimum Gasteiger partial charge on any atom is -0.322 e. The number of rotatable bonds is 4. The number of pyridine rings is 1. The number of benzene rings is 1. The average Bonchev–Trinajstić information content (AvgIpc) is 2.48. The maximum absolute atomic E-state index is 11.8. The normalized spacial score (nSPS) is 10.4. The van der Waals surface area contributed by atoms with Crippen molar-refractivity contribution in [3.8, 4) is 0 Å². The van der Waals surface area contributed by atoms with Gasteiger partial charge in [-0.3, -0.25) is 14.6 Å². The molecule has 0 aliphatic rings. The van der Waals surface area contributed by atoms with Crippen LogP contribution in [-0.4, -0.2) is 17.2 Å². The summed E-state index contributed by atoms with van der Waals surface area (Å²) in [4.78, 5) is 26.6. The van der Waals surface area contributed by atoms with E-state index in [1.54, 1.807) is 49.7 Å². The van der Waals surface area contributed by atoms with Crippen molar-refractivity contribution in [2.24, 2.45) is 0 Å². The van der Waals surface area contributed by atoms with Crippen molar-refractivity contribution in [1.29, 1.82) is 0 Å². The number of hydrogen-bond acceptors (Lipinski definition) is 3. The zero-order valence-electron chi connectivity index (χ0n) is 11.0. The van der Waals surface area contributed by atoms with Crippen molar-refractivity contribution in [1.82, 2.24) is 4.98 Å². The van der Waals surface area contributed by atoms with Crippen LogP contribution in [0.2, 0.25) is 0 Å². The second kappa shape index (κ2) is 6.43. The van der Waals surface area contributed by atoms with Gasteiger partial charge in [0.25, 0.3) is 0 Å². The molecule has 1 aromatic heterocycles. The van der Waals surface area contributed by atoms with E-state index in [9.17, 15) is 9.59 Å². The summed E-state index contributed by atoms with van der Waals surface area (Å²) in [6, 6.07) is 8.86. The minimum absolute atomic E-state index is 0.250. The van der Waals surface area contributed by atoms with E-state index in [1.807, 2.05) is 6.07 Å². The molecule has 0 fully saturated rings. The molecule has 2 rings (SSSR count). The number of amides is 1. The van der Waals surface area contributed by atoms with Gasteiger partial charge in [0.15, 0.2) is 0 Å². The van der Waals surface area contributed by atoms with E-state index in [0.717, 1.165) is 17.4 Å². The standard InChI is InChI=1S/C16H14N2O2/c1-12-14(11-19)5-2-6-15(12)18-16(20)8-7-13-4-3-9-17-10-13/h2-11H,1H3,(H,18,20). The van der Waals surface area contributed by atoms with E-state index in [1.165, 1.54) is 6.08 Å². The van der Waals surface area contributed by atoms with E-state index in [4.69, 9.17) is 0 Å². The third-order valence-corrected chi connectivity index (χ3v) is 2.87. The Morgan fingerprint density at radius 1 is 1.25 bits per heavy atom. The van der Waals surface area contributed by atoms with Gasteiger partial charge in [-0.1, -0.05) is 18.2 Å². The molecule has 4 nitrogen and oxygen atoms in total. The second-order valence-corrected chi connectivity index (χ2v) is 4.25. The summed E-state index contributed by atoms with van der Waals surface area (Å²) in [5, 5.41) is 2.75. The lowest BCUT2D eigenvalue weighted by Crippen LogP contribution is -2.09. The fourth-order valence-electron chi connectivity index (χ4n) is 1.74. The van der Waals surface area contributed by atoms with Gasteiger partial charge in [-0.15, -0.1) is 0 Å². The summed E-state index contributed by atoms with van der Waals surface area (Å²) in [6.45, 7) is 1.80. The molecule has 0 atom stereocenters. The number of hydrogen-bond donors (Lipinski definition) is 1. The third-order valence-electron chi connectivity index (χ3n) is 2.87. The summed E-state index contributed by atoms with van der Waals surface area (Å²) < 4.78 is 0. The predicted molar refractivity (Wildman–Crippen MR) is 78.5 cm³/mol. The fraction of sp³-hybridized carbons (Fsp3) is 0.0625. The van der Waals surface area contributed by atoms with Crippen LogP contribution in [0.3, 0.4) is 0 Å². The van der Waals surface area contributed by atoms with Crippen LogP contribution in [0.15, 0.2) is 48.8 Å². The van der Waals surface area contributed by atoms with Gasteiger partial charge in [-0.05, 0) is 36.3 Å². The molecule has 0 bridgehead atoms. The Balaban J connectivity index is 2.09. The van der Waals surface area contributed by atoms with Crippen molar-refractivity contribution in [3.63, 3.8) is 0 Å². The number of nitrogens with one attached hydrogen (secondary N) is 1. The van der Waals surface area contributed by atoms with E-state index >= 15 is 0 Å². The number of aromatic nitrogens is 1. The van der Waals surface area contributed by atoms with Crippen molar-refractivity contribution in [3.05, 3.63) is 65.5 Å². The lowest BCUT2D eigenvalue weighted by Gasteiger charge is -2.07. The largest absolute Gasteiger partial charge is 0.322 e. The SMILES string of the molecule is Cc1c(C=O)cccc1NC(=O)C=Cc1cccnc1. The molecule has 20 heavy (non-hydrogen) atoms. The van der Waals surface area contributed by atoms with Crippen LogP contribution < -0.4 is 5.32 Å². The van der Waals surface area contributed by atoms with Crippen molar-refractivity contribution < 1.29 is 9.59 Å². The van der Waals surface area contributed by atoms with Crippen LogP contribution in [0.1, 0.15) is 21.5 Å². The van der Waals surface area contributed by atoms with Gasteiger partial charge >= 0.3 is 0 Å². The summed E-state index contributed by atoms with van der Waals surface area (Å²) in [5.41, 5.74) is 2.81. The third kappa shape index (κ3) is 3.38. The second-order valence-electron chi connectivity index (χ2n) is 4.25. The molecule has 0 saturated heterocycles. The minimum atomic E-state index is -0.250. The molecule has 2 aromatic rings. The fourth-order valence-corrected chi connectivity index (χ4v) is 1.74. The van der Waals surface area contributed by atoms with Crippen LogP contribution in [0, 0.1) is 6.92 Å². The predicted octanol–water partition coefficient (Wildman–Crippen LogP) is 2.85. The van der Waals surface area contributed by atoms with Crippen LogP contribution >= 0.6 is 0 Å². The van der Waals surface area contributed by atoms with Gasteiger partial charge in [0.1, 0.15) is 6.29 Å². The molecule has 1 aromatic carbocycles. The lowest BCUT2D eigenvalue weighted by atomic mass is 10.1. The molecule has 0 spiro atoms. The first-order chi connectivity index (χ1) is 9.70. The molecule has 4 heteroatoms. The summed E-state index contributed by atoms with van der Waals surface area (Å²) in [6.07, 6.45) is 7.23. The molecular weight excluding hydrogens is 252 g/mol. The Morgan fingerprint density at radius 3 is 2.80 bits per heavy atom. The first kappa shape index (κ1) is 13.7. The van der Waals surface area contributed by atoms with Gasteiger partial charge in [-0.25, -0.2) is 0 Å². The Kier molecular flexibility index (Phi) is 4.39. The van der Waals surface area contributed by atoms with Crippen molar-refractivity contribution in [2.75, 3.05) is 5.32 Å². The molecule has 1 heterocycles. The van der Waals surface area contributed by atoms with Crippen LogP contribution in [-0.2, 0) is 4.79 Å². The van der Waals surface area contributed by atoms with Gasteiger partial charge in [-0.2, -0.15) is 0 Å². The molecule has 100 valence electrons. The van der Waals surface area contributed by atoms with Gasteiger partial charge < -0.3 is 5.32 Å². The first-order valence-corrected chi connectivity index (χ1v) is 6.14. The molecule has 0 aliphatic carbocycles. The highest BCUT2D eigenvalue weighted by atomic mass is 16.1. The molecule has 0 unspecified atom stereocenters. The van der Waals surface area contributed by atoms with E-state index in [2.05, 4.69) is 10.3 Å². The highest BCUT2D eigenvalue weighted by Crippen LogP contribution is 2.17. The quantitative estimate of drug-likeness (QED) is 0.683. The van der Waals surface area contributed by atoms with Gasteiger partial charge in [0, 0.05) is 29.7 Å². The monoisotopic (exact) mass is 266 g/mol. The average molecular weight is 266 g/mol. The number of anilines is 1. The maximum atomic E-state index is 11.8. The van der Waals surface area contributed by atoms with Crippen molar-refractivity contribution in [2.45, 2.75) is 6.92 Å². The number of aldehydes is 1. The van der Waals surface area contributed by atoms with E-state index in [-0.39, 0.29) is 5.91 Å². The number of carbonyl (C=O) groups excluding carboxylic acids is 2. The molecular formula is C16H14N2O2. The molecule has 0 radical (unpaired) electrons.